The molecule has 1 heterocycles. The van der Waals surface area contributed by atoms with E-state index in [-0.39, 0.29) is 12.4 Å². The third-order valence-electron chi connectivity index (χ3n) is 0.523. The van der Waals surface area contributed by atoms with E-state index in [1.54, 1.807) is 0 Å². The van der Waals surface area contributed by atoms with E-state index in [4.69, 9.17) is 5.53 Å². The molecule has 0 N–H and O–H groups in total. The second kappa shape index (κ2) is 1.49. The summed E-state index contributed by atoms with van der Waals surface area (Å²) in [4.78, 5) is 7.03. The molecule has 0 aromatic rings. The predicted molar refractivity (Wildman–Crippen MR) is 19.4 cm³/mol. The molecular weight excluding hydrogens is 96.0 g/mol. The standard InChI is InChI=1S/C2H2N4O/c3-4-2-1-7-6-5-2/h1H2. The van der Waals surface area contributed by atoms with Crippen LogP contribution in [0, 0.1) is 0 Å². The fraction of sp³-hybridized carbons (Fsp3) is 0.500. The van der Waals surface area contributed by atoms with E-state index < -0.39 is 0 Å². The van der Waals surface area contributed by atoms with Gasteiger partial charge < -0.3 is 15.2 Å². The molecule has 0 aromatic heterocycles. The average Bonchev–Trinajstić information content (AvgIpc) is 2.14. The molecule has 5 nitrogen and oxygen atoms in total. The molecule has 0 spiro atoms. The summed E-state index contributed by atoms with van der Waals surface area (Å²) in [6.45, 7) is 0.177. The Balaban J connectivity index is 2.77. The van der Waals surface area contributed by atoms with Crippen LogP contribution in [0.1, 0.15) is 0 Å². The number of nitrogens with zero attached hydrogens (tertiary/aromatic N) is 4. The number of hydrogen-bond donors (Lipinski definition) is 0. The molecule has 0 amide bonds. The van der Waals surface area contributed by atoms with Gasteiger partial charge in [-0.1, -0.05) is 0 Å². The highest BCUT2D eigenvalue weighted by Gasteiger charge is 2.15. The summed E-state index contributed by atoms with van der Waals surface area (Å²) in [6.07, 6.45) is 0. The van der Waals surface area contributed by atoms with Crippen LogP contribution in [-0.4, -0.2) is 17.2 Å². The first-order chi connectivity index (χ1) is 3.43. The molecule has 0 fully saturated rings. The maximum Gasteiger partial charge on any atom is 0.445 e. The largest absolute Gasteiger partial charge is 0.497 e. The predicted octanol–water partition coefficient (Wildman–Crippen LogP) is 0.0121. The molecule has 1 rings (SSSR count). The maximum absolute atomic E-state index is 7.92. The summed E-state index contributed by atoms with van der Waals surface area (Å²) in [7, 11) is 0. The minimum Gasteiger partial charge on any atom is -0.497 e. The Morgan fingerprint density at radius 2 is 2.71 bits per heavy atom. The molecule has 0 unspecified atom stereocenters. The SMILES string of the molecule is [N-]=[N+]=C1CON=N1. The number of amidine groups is 1. The summed E-state index contributed by atoms with van der Waals surface area (Å²) >= 11 is 0. The van der Waals surface area contributed by atoms with Crippen molar-refractivity contribution in [2.75, 3.05) is 6.61 Å². The lowest BCUT2D eigenvalue weighted by molar-refractivity contribution is -0.0120. The number of rotatable bonds is 0. The van der Waals surface area contributed by atoms with E-state index in [2.05, 4.69) is 20.0 Å². The van der Waals surface area contributed by atoms with Gasteiger partial charge in [0.2, 0.25) is 6.61 Å². The highest BCUT2D eigenvalue weighted by Crippen LogP contribution is 1.90. The van der Waals surface area contributed by atoms with Gasteiger partial charge in [0, 0.05) is 0 Å². The smallest absolute Gasteiger partial charge is 0.445 e. The minimum absolute atomic E-state index is 0.177. The van der Waals surface area contributed by atoms with E-state index in [9.17, 15) is 0 Å². The van der Waals surface area contributed by atoms with Crippen LogP contribution in [0.3, 0.4) is 0 Å². The number of hydrogen-bond acceptors (Lipinski definition) is 2. The maximum atomic E-state index is 7.92. The summed E-state index contributed by atoms with van der Waals surface area (Å²) in [5.41, 5.74) is 7.92. The van der Waals surface area contributed by atoms with Crippen molar-refractivity contribution in [3.8, 4) is 0 Å². The molecule has 5 heteroatoms. The zero-order valence-electron chi connectivity index (χ0n) is 3.40. The van der Waals surface area contributed by atoms with E-state index in [1.807, 2.05) is 0 Å². The third kappa shape index (κ3) is 0.610. The summed E-state index contributed by atoms with van der Waals surface area (Å²) in [6, 6.07) is 0. The Labute approximate surface area is 39.2 Å². The first kappa shape index (κ1) is 3.95. The van der Waals surface area contributed by atoms with Gasteiger partial charge in [-0.2, -0.15) is 0 Å². The van der Waals surface area contributed by atoms with Crippen molar-refractivity contribution in [1.82, 2.24) is 0 Å². The molecule has 0 atom stereocenters. The monoisotopic (exact) mass is 98.0 g/mol. The van der Waals surface area contributed by atoms with Crippen molar-refractivity contribution in [2.24, 2.45) is 10.4 Å². The molecule has 0 aromatic carbocycles. The van der Waals surface area contributed by atoms with Gasteiger partial charge >= 0.3 is 5.84 Å². The minimum atomic E-state index is 0.177. The topological polar surface area (TPSA) is 70.4 Å². The van der Waals surface area contributed by atoms with Crippen LogP contribution in [0.15, 0.2) is 10.4 Å². The molecule has 0 saturated carbocycles. The normalized spacial score (nSPS) is 16.3. The quantitative estimate of drug-likeness (QED) is 0.311. The van der Waals surface area contributed by atoms with Crippen molar-refractivity contribution in [1.29, 1.82) is 0 Å². The molecule has 0 bridgehead atoms. The van der Waals surface area contributed by atoms with E-state index in [0.717, 1.165) is 0 Å². The molecule has 36 valence electrons. The third-order valence-corrected chi connectivity index (χ3v) is 0.523. The van der Waals surface area contributed by atoms with Gasteiger partial charge in [0.05, 0.1) is 0 Å². The fourth-order valence-electron chi connectivity index (χ4n) is 0.240. The van der Waals surface area contributed by atoms with Crippen molar-refractivity contribution < 1.29 is 9.63 Å². The Hall–Kier alpha value is -1.22. The first-order valence-corrected chi connectivity index (χ1v) is 1.67. The molecule has 0 saturated heterocycles. The van der Waals surface area contributed by atoms with Crippen LogP contribution < -0.4 is 0 Å². The zero-order chi connectivity index (χ0) is 5.11. The Kier molecular flexibility index (Phi) is 0.839. The molecule has 1 aliphatic rings. The summed E-state index contributed by atoms with van der Waals surface area (Å²) in [5.74, 6) is 0.208. The van der Waals surface area contributed by atoms with Crippen LogP contribution in [-0.2, 0) is 4.84 Å². The van der Waals surface area contributed by atoms with Crippen LogP contribution in [0.25, 0.3) is 5.53 Å². The molecule has 0 radical (unpaired) electrons. The van der Waals surface area contributed by atoms with Gasteiger partial charge in [0.15, 0.2) is 5.28 Å². The van der Waals surface area contributed by atoms with Crippen LogP contribution in [0.2, 0.25) is 0 Å². The van der Waals surface area contributed by atoms with Crippen LogP contribution in [0.5, 0.6) is 0 Å². The highest BCUT2D eigenvalue weighted by molar-refractivity contribution is 5.78. The van der Waals surface area contributed by atoms with E-state index >= 15 is 0 Å². The van der Waals surface area contributed by atoms with Crippen molar-refractivity contribution in [2.45, 2.75) is 0 Å². The Bertz CT molecular complexity index is 144. The fourth-order valence-corrected chi connectivity index (χ4v) is 0.240. The van der Waals surface area contributed by atoms with Gasteiger partial charge in [0.1, 0.15) is 5.11 Å². The van der Waals surface area contributed by atoms with Gasteiger partial charge in [-0.15, -0.1) is 0 Å². The lowest BCUT2D eigenvalue weighted by atomic mass is 10.7. The molecular formula is C2H2N4O. The first-order valence-electron chi connectivity index (χ1n) is 1.67. The summed E-state index contributed by atoms with van der Waals surface area (Å²) < 4.78 is 0. The average molecular weight is 98.1 g/mol. The second-order valence-electron chi connectivity index (χ2n) is 0.971. The van der Waals surface area contributed by atoms with E-state index in [1.165, 1.54) is 0 Å². The molecule has 0 aliphatic carbocycles. The molecule has 1 aliphatic heterocycles. The van der Waals surface area contributed by atoms with Crippen molar-refractivity contribution >= 4 is 5.84 Å². The van der Waals surface area contributed by atoms with Gasteiger partial charge in [-0.25, -0.2) is 0 Å². The Morgan fingerprint density at radius 3 is 3.00 bits per heavy atom. The molecule has 7 heavy (non-hydrogen) atoms. The van der Waals surface area contributed by atoms with E-state index in [0.29, 0.717) is 0 Å². The lowest BCUT2D eigenvalue weighted by Crippen LogP contribution is -1.95. The lowest BCUT2D eigenvalue weighted by Gasteiger charge is -1.68. The second-order valence-corrected chi connectivity index (χ2v) is 0.971. The summed E-state index contributed by atoms with van der Waals surface area (Å²) in [5, 5.41) is 6.33. The van der Waals surface area contributed by atoms with Gasteiger partial charge in [0.25, 0.3) is 0 Å². The van der Waals surface area contributed by atoms with Crippen LogP contribution in [0.4, 0.5) is 0 Å². The van der Waals surface area contributed by atoms with Gasteiger partial charge in [-0.3, -0.25) is 0 Å². The Morgan fingerprint density at radius 1 is 1.86 bits per heavy atom. The van der Waals surface area contributed by atoms with Crippen molar-refractivity contribution in [3.05, 3.63) is 5.53 Å². The van der Waals surface area contributed by atoms with Crippen LogP contribution >= 0.6 is 0 Å². The highest BCUT2D eigenvalue weighted by atomic mass is 16.7. The van der Waals surface area contributed by atoms with Crippen molar-refractivity contribution in [3.63, 3.8) is 0 Å². The zero-order valence-corrected chi connectivity index (χ0v) is 3.40. The van der Waals surface area contributed by atoms with Gasteiger partial charge in [-0.05, 0) is 0 Å².